The van der Waals surface area contributed by atoms with E-state index >= 15 is 0 Å². The third-order valence-corrected chi connectivity index (χ3v) is 5.66. The van der Waals surface area contributed by atoms with E-state index in [0.29, 0.717) is 24.0 Å². The third-order valence-electron chi connectivity index (χ3n) is 4.57. The maximum Gasteiger partial charge on any atom is 0.305 e. The van der Waals surface area contributed by atoms with E-state index in [1.165, 1.54) is 0 Å². The van der Waals surface area contributed by atoms with Crippen LogP contribution in [0.5, 0.6) is 0 Å². The highest BCUT2D eigenvalue weighted by atomic mass is 32.1. The summed E-state index contributed by atoms with van der Waals surface area (Å²) in [5.41, 5.74) is 1.77. The van der Waals surface area contributed by atoms with Gasteiger partial charge in [-0.25, -0.2) is 4.98 Å². The lowest BCUT2D eigenvalue weighted by Crippen LogP contribution is -2.33. The Morgan fingerprint density at radius 2 is 1.68 bits per heavy atom. The number of carbonyl (C=O) groups excluding carboxylic acids is 3. The molecule has 3 aromatic rings. The van der Waals surface area contributed by atoms with Gasteiger partial charge in [0.05, 0.1) is 32.9 Å². The van der Waals surface area contributed by atoms with Crippen molar-refractivity contribution >= 4 is 39.3 Å². The van der Waals surface area contributed by atoms with E-state index in [1.54, 1.807) is 35.6 Å². The first-order chi connectivity index (χ1) is 13.6. The van der Waals surface area contributed by atoms with Gasteiger partial charge in [0, 0.05) is 6.42 Å². The smallest absolute Gasteiger partial charge is 0.305 e. The lowest BCUT2D eigenvalue weighted by Gasteiger charge is -2.13. The zero-order chi connectivity index (χ0) is 19.5. The summed E-state index contributed by atoms with van der Waals surface area (Å²) in [6.07, 6.45) is 1.64. The van der Waals surface area contributed by atoms with Crippen molar-refractivity contribution in [1.82, 2.24) is 9.88 Å². The molecule has 0 radical (unpaired) electrons. The first kappa shape index (κ1) is 18.3. The summed E-state index contributed by atoms with van der Waals surface area (Å²) >= 11 is 1.63. The number of imide groups is 1. The second-order valence-electron chi connectivity index (χ2n) is 6.46. The van der Waals surface area contributed by atoms with Gasteiger partial charge >= 0.3 is 5.97 Å². The fourth-order valence-electron chi connectivity index (χ4n) is 3.18. The van der Waals surface area contributed by atoms with E-state index in [1.807, 2.05) is 24.3 Å². The second kappa shape index (κ2) is 7.90. The maximum absolute atomic E-state index is 12.2. The predicted octanol–water partition coefficient (Wildman–Crippen LogP) is 3.46. The SMILES string of the molecule is O=C(CCCc1nc2ccccc2s1)OCCN1C(=O)c2ccccc2C1=O. The maximum atomic E-state index is 12.2. The molecule has 0 spiro atoms. The number of aromatic nitrogens is 1. The van der Waals surface area contributed by atoms with Crippen LogP contribution >= 0.6 is 11.3 Å². The van der Waals surface area contributed by atoms with Crippen molar-refractivity contribution in [2.45, 2.75) is 19.3 Å². The van der Waals surface area contributed by atoms with E-state index in [9.17, 15) is 14.4 Å². The van der Waals surface area contributed by atoms with Crippen molar-refractivity contribution in [3.05, 3.63) is 64.7 Å². The molecule has 1 aliphatic heterocycles. The molecule has 1 aliphatic rings. The second-order valence-corrected chi connectivity index (χ2v) is 7.57. The Morgan fingerprint density at radius 1 is 1.00 bits per heavy atom. The molecule has 2 heterocycles. The lowest BCUT2D eigenvalue weighted by molar-refractivity contribution is -0.143. The van der Waals surface area contributed by atoms with Crippen molar-refractivity contribution in [1.29, 1.82) is 0 Å². The summed E-state index contributed by atoms with van der Waals surface area (Å²) in [4.78, 5) is 42.1. The van der Waals surface area contributed by atoms with E-state index in [2.05, 4.69) is 4.98 Å². The Balaban J connectivity index is 1.21. The number of hydrogen-bond donors (Lipinski definition) is 0. The van der Waals surface area contributed by atoms with Gasteiger partial charge in [-0.2, -0.15) is 0 Å². The Morgan fingerprint density at radius 3 is 2.39 bits per heavy atom. The molecule has 2 amide bonds. The first-order valence-electron chi connectivity index (χ1n) is 9.09. The zero-order valence-corrected chi connectivity index (χ0v) is 15.9. The van der Waals surface area contributed by atoms with Crippen molar-refractivity contribution in [3.63, 3.8) is 0 Å². The number of benzene rings is 2. The molecule has 4 rings (SSSR count). The molecule has 6 nitrogen and oxygen atoms in total. The molecule has 2 aromatic carbocycles. The van der Waals surface area contributed by atoms with E-state index in [0.717, 1.165) is 20.1 Å². The van der Waals surface area contributed by atoms with E-state index < -0.39 is 0 Å². The number of ether oxygens (including phenoxy) is 1. The molecule has 1 aromatic heterocycles. The summed E-state index contributed by atoms with van der Waals surface area (Å²) in [5, 5.41) is 1.00. The molecule has 0 unspecified atom stereocenters. The highest BCUT2D eigenvalue weighted by Crippen LogP contribution is 2.23. The average molecular weight is 394 g/mol. The number of nitrogens with zero attached hydrogens (tertiary/aromatic N) is 2. The zero-order valence-electron chi connectivity index (χ0n) is 15.1. The first-order valence-corrected chi connectivity index (χ1v) is 9.90. The largest absolute Gasteiger partial charge is 0.464 e. The number of fused-ring (bicyclic) bond motifs is 2. The van der Waals surface area contributed by atoms with Crippen molar-refractivity contribution < 1.29 is 19.1 Å². The summed E-state index contributed by atoms with van der Waals surface area (Å²) in [6.45, 7) is 0.0708. The Kier molecular flexibility index (Phi) is 5.16. The number of para-hydroxylation sites is 1. The minimum Gasteiger partial charge on any atom is -0.464 e. The molecular formula is C21H18N2O4S. The fraction of sp³-hybridized carbons (Fsp3) is 0.238. The van der Waals surface area contributed by atoms with E-state index in [-0.39, 0.29) is 37.4 Å². The topological polar surface area (TPSA) is 76.6 Å². The molecule has 0 saturated heterocycles. The quantitative estimate of drug-likeness (QED) is 0.453. The van der Waals surface area contributed by atoms with Crippen LogP contribution in [0.15, 0.2) is 48.5 Å². The number of aryl methyl sites for hydroxylation is 1. The van der Waals surface area contributed by atoms with Gasteiger partial charge in [-0.05, 0) is 37.1 Å². The summed E-state index contributed by atoms with van der Waals surface area (Å²) in [5.74, 6) is -1.02. The van der Waals surface area contributed by atoms with Gasteiger partial charge in [0.15, 0.2) is 0 Å². The highest BCUT2D eigenvalue weighted by molar-refractivity contribution is 7.18. The monoisotopic (exact) mass is 394 g/mol. The van der Waals surface area contributed by atoms with Gasteiger partial charge in [-0.3, -0.25) is 19.3 Å². The number of thiazole rings is 1. The van der Waals surface area contributed by atoms with Crippen LogP contribution in [-0.2, 0) is 16.0 Å². The van der Waals surface area contributed by atoms with Gasteiger partial charge < -0.3 is 4.74 Å². The number of esters is 1. The third kappa shape index (κ3) is 3.66. The van der Waals surface area contributed by atoms with Crippen LogP contribution in [0.25, 0.3) is 10.2 Å². The number of rotatable bonds is 7. The predicted molar refractivity (Wildman–Crippen MR) is 105 cm³/mol. The van der Waals surface area contributed by atoms with Gasteiger partial charge in [0.2, 0.25) is 0 Å². The molecule has 28 heavy (non-hydrogen) atoms. The molecule has 0 N–H and O–H groups in total. The Bertz CT molecular complexity index is 991. The standard InChI is InChI=1S/C21H18N2O4S/c24-19(11-5-10-18-22-16-8-3-4-9-17(16)28-18)27-13-12-23-20(25)14-6-1-2-7-15(14)21(23)26/h1-4,6-9H,5,10-13H2. The van der Waals surface area contributed by atoms with Crippen LogP contribution in [0.1, 0.15) is 38.6 Å². The number of carbonyl (C=O) groups is 3. The minimum atomic E-state index is -0.340. The molecule has 0 fully saturated rings. The van der Waals surface area contributed by atoms with Crippen LogP contribution < -0.4 is 0 Å². The van der Waals surface area contributed by atoms with Gasteiger partial charge in [0.1, 0.15) is 6.61 Å². The number of hydrogen-bond acceptors (Lipinski definition) is 6. The number of amides is 2. The molecule has 7 heteroatoms. The molecule has 0 atom stereocenters. The normalized spacial score (nSPS) is 13.2. The molecule has 142 valence electrons. The van der Waals surface area contributed by atoms with Crippen LogP contribution in [0.3, 0.4) is 0 Å². The summed E-state index contributed by atoms with van der Waals surface area (Å²) in [6, 6.07) is 14.6. The van der Waals surface area contributed by atoms with Crippen molar-refractivity contribution in [2.24, 2.45) is 0 Å². The van der Waals surface area contributed by atoms with Gasteiger partial charge in [0.25, 0.3) is 11.8 Å². The van der Waals surface area contributed by atoms with Crippen LogP contribution in [0.4, 0.5) is 0 Å². The molecule has 0 bridgehead atoms. The Hall–Kier alpha value is -3.06. The summed E-state index contributed by atoms with van der Waals surface area (Å²) in [7, 11) is 0. The van der Waals surface area contributed by atoms with E-state index in [4.69, 9.17) is 4.74 Å². The highest BCUT2D eigenvalue weighted by Gasteiger charge is 2.34. The van der Waals surface area contributed by atoms with Gasteiger partial charge in [-0.15, -0.1) is 11.3 Å². The van der Waals surface area contributed by atoms with Crippen molar-refractivity contribution in [3.8, 4) is 0 Å². The Labute approximate surface area is 165 Å². The lowest BCUT2D eigenvalue weighted by atomic mass is 10.1. The summed E-state index contributed by atoms with van der Waals surface area (Å²) < 4.78 is 6.33. The van der Waals surface area contributed by atoms with Crippen LogP contribution in [0.2, 0.25) is 0 Å². The van der Waals surface area contributed by atoms with Crippen LogP contribution in [-0.4, -0.2) is 40.8 Å². The fourth-order valence-corrected chi connectivity index (χ4v) is 4.19. The van der Waals surface area contributed by atoms with Gasteiger partial charge in [-0.1, -0.05) is 24.3 Å². The van der Waals surface area contributed by atoms with Crippen molar-refractivity contribution in [2.75, 3.05) is 13.2 Å². The molecule has 0 aliphatic carbocycles. The molecular weight excluding hydrogens is 376 g/mol. The molecule has 0 saturated carbocycles. The minimum absolute atomic E-state index is 0.00540. The van der Waals surface area contributed by atoms with Crippen LogP contribution in [0, 0.1) is 0 Å². The average Bonchev–Trinajstić information content (AvgIpc) is 3.22.